The summed E-state index contributed by atoms with van der Waals surface area (Å²) in [5.41, 5.74) is 0.795. The summed E-state index contributed by atoms with van der Waals surface area (Å²) in [5.74, 6) is -1.31. The topological polar surface area (TPSA) is 71.3 Å². The molecule has 2 aromatic rings. The molecule has 0 aliphatic rings. The van der Waals surface area contributed by atoms with Crippen LogP contribution >= 0.6 is 11.8 Å². The van der Waals surface area contributed by atoms with Gasteiger partial charge in [-0.25, -0.2) is 4.79 Å². The summed E-state index contributed by atoms with van der Waals surface area (Å²) in [6, 6.07) is 10.5. The lowest BCUT2D eigenvalue weighted by Crippen LogP contribution is -2.20. The fourth-order valence-corrected chi connectivity index (χ4v) is 2.26. The van der Waals surface area contributed by atoms with E-state index < -0.39 is 5.97 Å². The van der Waals surface area contributed by atoms with E-state index in [-0.39, 0.29) is 18.1 Å². The van der Waals surface area contributed by atoms with Crippen LogP contribution in [-0.4, -0.2) is 27.8 Å². The number of carbonyl (C=O) groups is 2. The highest BCUT2D eigenvalue weighted by molar-refractivity contribution is 7.98. The van der Waals surface area contributed by atoms with Gasteiger partial charge in [0, 0.05) is 16.8 Å². The molecule has 0 unspecified atom stereocenters. The third kappa shape index (κ3) is 3.42. The van der Waals surface area contributed by atoms with Crippen molar-refractivity contribution in [2.45, 2.75) is 11.4 Å². The van der Waals surface area contributed by atoms with E-state index in [0.717, 1.165) is 4.90 Å². The summed E-state index contributed by atoms with van der Waals surface area (Å²) in [4.78, 5) is 23.9. The largest absolute Gasteiger partial charge is 0.477 e. The van der Waals surface area contributed by atoms with Gasteiger partial charge in [0.15, 0.2) is 0 Å². The minimum absolute atomic E-state index is 0.0296. The number of hydrogen-bond acceptors (Lipinski definition) is 3. The minimum Gasteiger partial charge on any atom is -0.477 e. The Balaban J connectivity index is 2.05. The third-order valence-corrected chi connectivity index (χ3v) is 3.44. The van der Waals surface area contributed by atoms with Crippen LogP contribution < -0.4 is 5.32 Å². The van der Waals surface area contributed by atoms with Crippen molar-refractivity contribution in [2.24, 2.45) is 0 Å². The molecule has 0 bridgehead atoms. The predicted molar refractivity (Wildman–Crippen MR) is 78.2 cm³/mol. The fourth-order valence-electron chi connectivity index (χ4n) is 1.80. The molecule has 1 heterocycles. The van der Waals surface area contributed by atoms with Crippen molar-refractivity contribution in [1.82, 2.24) is 4.57 Å². The van der Waals surface area contributed by atoms with Gasteiger partial charge in [0.2, 0.25) is 5.91 Å². The molecule has 0 aliphatic carbocycles. The van der Waals surface area contributed by atoms with Crippen molar-refractivity contribution in [3.05, 3.63) is 48.3 Å². The third-order valence-electron chi connectivity index (χ3n) is 2.72. The fraction of sp³-hybridized carbons (Fsp3) is 0.143. The highest BCUT2D eigenvalue weighted by Gasteiger charge is 2.11. The predicted octanol–water partition coefficient (Wildman–Crippen LogP) is 2.55. The summed E-state index contributed by atoms with van der Waals surface area (Å²) < 4.78 is 1.40. The van der Waals surface area contributed by atoms with E-state index in [0.29, 0.717) is 5.69 Å². The van der Waals surface area contributed by atoms with E-state index in [1.54, 1.807) is 30.1 Å². The second kappa shape index (κ2) is 6.29. The second-order valence-electron chi connectivity index (χ2n) is 4.11. The van der Waals surface area contributed by atoms with Gasteiger partial charge < -0.3 is 15.0 Å². The number of carbonyl (C=O) groups excluding carboxylic acids is 1. The first-order chi connectivity index (χ1) is 9.60. The molecule has 5 nitrogen and oxygen atoms in total. The average molecular weight is 290 g/mol. The van der Waals surface area contributed by atoms with Crippen molar-refractivity contribution in [1.29, 1.82) is 0 Å². The molecule has 6 heteroatoms. The molecule has 1 aromatic carbocycles. The Kier molecular flexibility index (Phi) is 4.47. The van der Waals surface area contributed by atoms with Crippen molar-refractivity contribution in [2.75, 3.05) is 11.6 Å². The highest BCUT2D eigenvalue weighted by Crippen LogP contribution is 2.19. The van der Waals surface area contributed by atoms with Crippen LogP contribution in [0.4, 0.5) is 5.69 Å². The minimum atomic E-state index is -1.05. The van der Waals surface area contributed by atoms with Crippen molar-refractivity contribution < 1.29 is 14.7 Å². The summed E-state index contributed by atoms with van der Waals surface area (Å²) in [6.45, 7) is -0.0296. The lowest BCUT2D eigenvalue weighted by atomic mass is 10.3. The molecular weight excluding hydrogens is 276 g/mol. The Morgan fingerprint density at radius 2 is 2.10 bits per heavy atom. The number of rotatable bonds is 5. The summed E-state index contributed by atoms with van der Waals surface area (Å²) in [5, 5.41) is 11.7. The van der Waals surface area contributed by atoms with E-state index in [2.05, 4.69) is 5.32 Å². The first-order valence-electron chi connectivity index (χ1n) is 5.92. The number of thioether (sulfide) groups is 1. The lowest BCUT2D eigenvalue weighted by Gasteiger charge is -2.08. The number of carboxylic acids is 1. The number of carboxylic acid groups (broad SMARTS) is 1. The molecule has 0 radical (unpaired) electrons. The van der Waals surface area contributed by atoms with Gasteiger partial charge in [-0.2, -0.15) is 0 Å². The molecule has 104 valence electrons. The zero-order valence-corrected chi connectivity index (χ0v) is 11.7. The van der Waals surface area contributed by atoms with Gasteiger partial charge >= 0.3 is 5.97 Å². The first-order valence-corrected chi connectivity index (χ1v) is 7.15. The summed E-state index contributed by atoms with van der Waals surface area (Å²) >= 11 is 1.59. The van der Waals surface area contributed by atoms with Crippen LogP contribution in [0, 0.1) is 0 Å². The Labute approximate surface area is 120 Å². The van der Waals surface area contributed by atoms with Crippen LogP contribution in [0.15, 0.2) is 47.5 Å². The molecular formula is C14H14N2O3S. The Morgan fingerprint density at radius 3 is 2.80 bits per heavy atom. The van der Waals surface area contributed by atoms with Gasteiger partial charge in [0.05, 0.1) is 0 Å². The Bertz CT molecular complexity index is 637. The van der Waals surface area contributed by atoms with Gasteiger partial charge in [-0.05, 0) is 36.6 Å². The molecule has 2 rings (SSSR count). The molecule has 20 heavy (non-hydrogen) atoms. The molecule has 0 saturated carbocycles. The van der Waals surface area contributed by atoms with Crippen LogP contribution in [-0.2, 0) is 11.3 Å². The number of nitrogens with zero attached hydrogens (tertiary/aromatic N) is 1. The highest BCUT2D eigenvalue weighted by atomic mass is 32.2. The average Bonchev–Trinajstić information content (AvgIpc) is 2.87. The van der Waals surface area contributed by atoms with Crippen LogP contribution in [0.25, 0.3) is 0 Å². The van der Waals surface area contributed by atoms with E-state index >= 15 is 0 Å². The number of hydrogen-bond donors (Lipinski definition) is 2. The first kappa shape index (κ1) is 14.2. The second-order valence-corrected chi connectivity index (χ2v) is 4.99. The van der Waals surface area contributed by atoms with Crippen LogP contribution in [0.3, 0.4) is 0 Å². The maximum Gasteiger partial charge on any atom is 0.352 e. The Morgan fingerprint density at radius 1 is 1.30 bits per heavy atom. The smallest absolute Gasteiger partial charge is 0.352 e. The van der Waals surface area contributed by atoms with Crippen molar-refractivity contribution >= 4 is 29.3 Å². The number of benzene rings is 1. The molecule has 0 saturated heterocycles. The quantitative estimate of drug-likeness (QED) is 0.830. The summed E-state index contributed by atoms with van der Waals surface area (Å²) in [6.07, 6.45) is 3.53. The van der Waals surface area contributed by atoms with Crippen LogP contribution in [0.5, 0.6) is 0 Å². The van der Waals surface area contributed by atoms with Crippen molar-refractivity contribution in [3.63, 3.8) is 0 Å². The summed E-state index contributed by atoms with van der Waals surface area (Å²) in [7, 11) is 0. The lowest BCUT2D eigenvalue weighted by molar-refractivity contribution is -0.116. The molecule has 1 aromatic heterocycles. The van der Waals surface area contributed by atoms with Gasteiger partial charge in [0.1, 0.15) is 12.2 Å². The molecule has 0 fully saturated rings. The van der Waals surface area contributed by atoms with Crippen LogP contribution in [0.1, 0.15) is 10.5 Å². The monoisotopic (exact) mass is 290 g/mol. The van der Waals surface area contributed by atoms with Gasteiger partial charge in [-0.15, -0.1) is 11.8 Å². The molecule has 2 N–H and O–H groups in total. The van der Waals surface area contributed by atoms with Gasteiger partial charge in [-0.1, -0.05) is 6.07 Å². The van der Waals surface area contributed by atoms with E-state index in [1.165, 1.54) is 10.6 Å². The molecule has 0 atom stereocenters. The Hall–Kier alpha value is -2.21. The van der Waals surface area contributed by atoms with Crippen molar-refractivity contribution in [3.8, 4) is 0 Å². The number of nitrogens with one attached hydrogen (secondary N) is 1. The van der Waals surface area contributed by atoms with Crippen LogP contribution in [0.2, 0.25) is 0 Å². The van der Waals surface area contributed by atoms with E-state index in [1.807, 2.05) is 24.5 Å². The normalized spacial score (nSPS) is 10.2. The SMILES string of the molecule is CSc1cccc(NC(=O)Cn2cccc2C(=O)O)c1. The maximum atomic E-state index is 11.9. The van der Waals surface area contributed by atoms with Gasteiger partial charge in [0.25, 0.3) is 0 Å². The number of aromatic nitrogens is 1. The number of anilines is 1. The van der Waals surface area contributed by atoms with E-state index in [4.69, 9.17) is 5.11 Å². The van der Waals surface area contributed by atoms with Gasteiger partial charge in [-0.3, -0.25) is 4.79 Å². The molecule has 0 aliphatic heterocycles. The maximum absolute atomic E-state index is 11.9. The zero-order chi connectivity index (χ0) is 14.5. The number of aromatic carboxylic acids is 1. The molecule has 0 spiro atoms. The zero-order valence-electron chi connectivity index (χ0n) is 10.9. The number of amides is 1. The standard InChI is InChI=1S/C14H14N2O3S/c1-20-11-5-2-4-10(8-11)15-13(17)9-16-7-3-6-12(16)14(18)19/h2-8H,9H2,1H3,(H,15,17)(H,18,19). The van der Waals surface area contributed by atoms with E-state index in [9.17, 15) is 9.59 Å². The molecule has 1 amide bonds.